The molecule has 7 nitrogen and oxygen atoms in total. The minimum Gasteiger partial charge on any atom is -0.463 e. The highest BCUT2D eigenvalue weighted by Crippen LogP contribution is 2.24. The maximum Gasteiger partial charge on any atom is 0.377 e. The van der Waals surface area contributed by atoms with Gasteiger partial charge in [-0.1, -0.05) is 32.9 Å². The molecule has 2 aromatic rings. The van der Waals surface area contributed by atoms with E-state index in [1.54, 1.807) is 12.1 Å². The van der Waals surface area contributed by atoms with Crippen LogP contribution >= 0.6 is 11.5 Å². The van der Waals surface area contributed by atoms with Crippen molar-refractivity contribution in [2.24, 2.45) is 0 Å². The fourth-order valence-electron chi connectivity index (χ4n) is 1.75. The molecule has 0 bridgehead atoms. The number of hydrogen-bond donors (Lipinski definition) is 1. The van der Waals surface area contributed by atoms with Crippen molar-refractivity contribution in [2.45, 2.75) is 31.1 Å². The number of sulfonamides is 1. The van der Waals surface area contributed by atoms with Crippen molar-refractivity contribution in [3.8, 4) is 0 Å². The molecule has 2 rings (SSSR count). The molecule has 0 radical (unpaired) electrons. The van der Waals surface area contributed by atoms with Gasteiger partial charge in [0.1, 0.15) is 0 Å². The van der Waals surface area contributed by atoms with Crippen LogP contribution in [-0.2, 0) is 20.2 Å². The minimum atomic E-state index is -3.79. The smallest absolute Gasteiger partial charge is 0.377 e. The number of hydrogen-bond acceptors (Lipinski definition) is 7. The zero-order valence-electron chi connectivity index (χ0n) is 13.2. The Bertz CT molecular complexity index is 805. The lowest BCUT2D eigenvalue weighted by Gasteiger charge is -2.19. The van der Waals surface area contributed by atoms with Gasteiger partial charge in [-0.25, -0.2) is 13.2 Å². The van der Waals surface area contributed by atoms with Gasteiger partial charge in [-0.3, -0.25) is 4.72 Å². The summed E-state index contributed by atoms with van der Waals surface area (Å²) in [6, 6.07) is 6.61. The molecule has 0 aliphatic rings. The highest BCUT2D eigenvalue weighted by molar-refractivity contribution is 7.93. The third kappa shape index (κ3) is 4.05. The third-order valence-electron chi connectivity index (χ3n) is 3.05. The van der Waals surface area contributed by atoms with Crippen molar-refractivity contribution < 1.29 is 17.9 Å². The molecule has 1 aromatic carbocycles. The maximum absolute atomic E-state index is 12.3. The van der Waals surface area contributed by atoms with Crippen LogP contribution in [0.3, 0.4) is 0 Å². The first-order valence-electron chi connectivity index (χ1n) is 6.69. The molecule has 9 heteroatoms. The summed E-state index contributed by atoms with van der Waals surface area (Å²) in [5.74, 6) is -0.903. The van der Waals surface area contributed by atoms with Crippen LogP contribution in [-0.4, -0.2) is 30.9 Å². The van der Waals surface area contributed by atoms with Gasteiger partial charge in [0.05, 0.1) is 12.0 Å². The molecule has 0 fully saturated rings. The fraction of sp³-hybridized carbons (Fsp3) is 0.357. The number of aromatic nitrogens is 2. The molecule has 124 valence electrons. The normalized spacial score (nSPS) is 12.0. The van der Waals surface area contributed by atoms with E-state index in [9.17, 15) is 13.2 Å². The number of esters is 1. The average Bonchev–Trinajstić information content (AvgIpc) is 2.93. The van der Waals surface area contributed by atoms with E-state index in [1.807, 2.05) is 20.8 Å². The first-order valence-corrected chi connectivity index (χ1v) is 8.94. The lowest BCUT2D eigenvalue weighted by Crippen LogP contribution is -2.15. The van der Waals surface area contributed by atoms with Gasteiger partial charge in [0.15, 0.2) is 0 Å². The topological polar surface area (TPSA) is 98.2 Å². The highest BCUT2D eigenvalue weighted by atomic mass is 32.2. The van der Waals surface area contributed by atoms with Crippen LogP contribution in [0.15, 0.2) is 29.2 Å². The number of rotatable bonds is 4. The number of ether oxygens (including phenoxy) is 1. The third-order valence-corrected chi connectivity index (χ3v) is 5.16. The Morgan fingerprint density at radius 2 is 1.83 bits per heavy atom. The van der Waals surface area contributed by atoms with Crippen molar-refractivity contribution >= 4 is 32.7 Å². The molecule has 0 atom stereocenters. The molecule has 0 saturated carbocycles. The van der Waals surface area contributed by atoms with Gasteiger partial charge in [-0.15, -0.1) is 0 Å². The Balaban J connectivity index is 2.22. The highest BCUT2D eigenvalue weighted by Gasteiger charge is 2.20. The van der Waals surface area contributed by atoms with E-state index in [1.165, 1.54) is 19.2 Å². The monoisotopic (exact) mass is 355 g/mol. The minimum absolute atomic E-state index is 0.00491. The van der Waals surface area contributed by atoms with E-state index < -0.39 is 16.0 Å². The van der Waals surface area contributed by atoms with Gasteiger partial charge in [-0.05, 0) is 23.1 Å². The molecule has 23 heavy (non-hydrogen) atoms. The van der Waals surface area contributed by atoms with Crippen molar-refractivity contribution in [3.63, 3.8) is 0 Å². The van der Waals surface area contributed by atoms with Gasteiger partial charge in [-0.2, -0.15) is 9.36 Å². The second kappa shape index (κ2) is 6.25. The lowest BCUT2D eigenvalue weighted by molar-refractivity contribution is 0.0588. The molecule has 0 aliphatic heterocycles. The molecule has 0 unspecified atom stereocenters. The van der Waals surface area contributed by atoms with E-state index in [0.29, 0.717) is 0 Å². The molecule has 1 heterocycles. The molecule has 0 amide bonds. The standard InChI is InChI=1S/C14H17N3O4S2/c1-14(2,3)9-5-7-10(8-6-9)23(19,20)17-13-15-11(16-22-13)12(18)21-4/h5-8H,1-4H3,(H,15,16,17). The Hall–Kier alpha value is -2.00. The zero-order valence-corrected chi connectivity index (χ0v) is 14.8. The summed E-state index contributed by atoms with van der Waals surface area (Å²) in [5.41, 5.74) is 0.963. The predicted molar refractivity (Wildman–Crippen MR) is 87.2 cm³/mol. The molecule has 0 saturated heterocycles. The number of methoxy groups -OCH3 is 1. The maximum atomic E-state index is 12.3. The summed E-state index contributed by atoms with van der Waals surface area (Å²) in [6.07, 6.45) is 0. The summed E-state index contributed by atoms with van der Waals surface area (Å²) >= 11 is 0.770. The van der Waals surface area contributed by atoms with Crippen LogP contribution in [0.2, 0.25) is 0 Å². The van der Waals surface area contributed by atoms with Crippen molar-refractivity contribution in [1.82, 2.24) is 9.36 Å². The van der Waals surface area contributed by atoms with Crippen LogP contribution in [0, 0.1) is 0 Å². The summed E-state index contributed by atoms with van der Waals surface area (Å²) in [5, 5.41) is 0.00491. The number of nitrogens with zero attached hydrogens (tertiary/aromatic N) is 2. The second-order valence-electron chi connectivity index (χ2n) is 5.79. The Kier molecular flexibility index (Phi) is 4.71. The summed E-state index contributed by atoms with van der Waals surface area (Å²) in [4.78, 5) is 15.2. The van der Waals surface area contributed by atoms with Crippen LogP contribution in [0.4, 0.5) is 5.13 Å². The van der Waals surface area contributed by atoms with E-state index in [0.717, 1.165) is 17.1 Å². The Morgan fingerprint density at radius 1 is 1.22 bits per heavy atom. The Labute approximate surface area is 138 Å². The first-order chi connectivity index (χ1) is 10.6. The van der Waals surface area contributed by atoms with Gasteiger partial charge < -0.3 is 4.74 Å². The van der Waals surface area contributed by atoms with E-state index >= 15 is 0 Å². The van der Waals surface area contributed by atoms with Crippen LogP contribution in [0.1, 0.15) is 37.0 Å². The van der Waals surface area contributed by atoms with Crippen LogP contribution in [0.25, 0.3) is 0 Å². The molecular weight excluding hydrogens is 338 g/mol. The van der Waals surface area contributed by atoms with Gasteiger partial charge in [0.25, 0.3) is 15.8 Å². The second-order valence-corrected chi connectivity index (χ2v) is 8.23. The SMILES string of the molecule is COC(=O)c1nsc(NS(=O)(=O)c2ccc(C(C)(C)C)cc2)n1. The van der Waals surface area contributed by atoms with Crippen molar-refractivity contribution in [2.75, 3.05) is 11.8 Å². The number of carbonyl (C=O) groups excluding carboxylic acids is 1. The van der Waals surface area contributed by atoms with Crippen molar-refractivity contribution in [1.29, 1.82) is 0 Å². The van der Waals surface area contributed by atoms with E-state index in [2.05, 4.69) is 18.8 Å². The van der Waals surface area contributed by atoms with E-state index in [4.69, 9.17) is 0 Å². The fourth-order valence-corrected chi connectivity index (χ4v) is 3.53. The zero-order chi connectivity index (χ0) is 17.3. The molecular formula is C14H17N3O4S2. The Morgan fingerprint density at radius 3 is 2.35 bits per heavy atom. The van der Waals surface area contributed by atoms with Crippen LogP contribution < -0.4 is 4.72 Å². The number of anilines is 1. The quantitative estimate of drug-likeness (QED) is 0.846. The number of benzene rings is 1. The van der Waals surface area contributed by atoms with Crippen LogP contribution in [0.5, 0.6) is 0 Å². The molecule has 0 spiro atoms. The van der Waals surface area contributed by atoms with Gasteiger partial charge >= 0.3 is 5.97 Å². The summed E-state index contributed by atoms with van der Waals surface area (Å²) in [7, 11) is -2.59. The lowest BCUT2D eigenvalue weighted by atomic mass is 9.87. The molecule has 1 N–H and O–H groups in total. The largest absolute Gasteiger partial charge is 0.463 e. The number of carbonyl (C=O) groups is 1. The summed E-state index contributed by atoms with van der Waals surface area (Å²) in [6.45, 7) is 6.14. The summed E-state index contributed by atoms with van der Waals surface area (Å²) < 4.78 is 35.2. The van der Waals surface area contributed by atoms with Crippen molar-refractivity contribution in [3.05, 3.63) is 35.7 Å². The first kappa shape index (κ1) is 17.4. The molecule has 1 aromatic heterocycles. The van der Waals surface area contributed by atoms with E-state index in [-0.39, 0.29) is 21.3 Å². The number of nitrogens with one attached hydrogen (secondary N) is 1. The van der Waals surface area contributed by atoms with Gasteiger partial charge in [0, 0.05) is 11.5 Å². The predicted octanol–water partition coefficient (Wildman–Crippen LogP) is 2.42. The average molecular weight is 355 g/mol. The molecule has 0 aliphatic carbocycles. The van der Waals surface area contributed by atoms with Gasteiger partial charge in [0.2, 0.25) is 5.13 Å².